The molecule has 0 amide bonds. The van der Waals surface area contributed by atoms with Crippen molar-refractivity contribution in [2.45, 2.75) is 6.04 Å². The number of ether oxygens (including phenoxy) is 1. The highest BCUT2D eigenvalue weighted by molar-refractivity contribution is 7.20. The van der Waals surface area contributed by atoms with Crippen LogP contribution in [0, 0.1) is 0 Å². The van der Waals surface area contributed by atoms with Gasteiger partial charge in [-0.25, -0.2) is 9.78 Å². The number of rotatable bonds is 4. The van der Waals surface area contributed by atoms with Crippen molar-refractivity contribution >= 4 is 39.0 Å². The number of hydrogen-bond acceptors (Lipinski definition) is 8. The minimum Gasteiger partial charge on any atom is -0.468 e. The molecule has 4 rings (SSSR count). The van der Waals surface area contributed by atoms with Crippen LogP contribution in [0.5, 0.6) is 0 Å². The second-order valence-electron chi connectivity index (χ2n) is 6.36. The lowest BCUT2D eigenvalue weighted by atomic mass is 10.0. The van der Waals surface area contributed by atoms with Gasteiger partial charge < -0.3 is 9.64 Å². The Kier molecular flexibility index (Phi) is 5.29. The van der Waals surface area contributed by atoms with Crippen LogP contribution in [0.2, 0.25) is 5.02 Å². The first-order chi connectivity index (χ1) is 13.6. The summed E-state index contributed by atoms with van der Waals surface area (Å²) >= 11 is 7.35. The largest absolute Gasteiger partial charge is 0.468 e. The molecule has 0 radical (unpaired) electrons. The number of halogens is 1. The van der Waals surface area contributed by atoms with Gasteiger partial charge in [-0.1, -0.05) is 35.1 Å². The molecule has 1 aromatic carbocycles. The Morgan fingerprint density at radius 3 is 2.54 bits per heavy atom. The van der Waals surface area contributed by atoms with E-state index in [0.717, 1.165) is 10.7 Å². The van der Waals surface area contributed by atoms with Gasteiger partial charge in [0.05, 0.1) is 7.11 Å². The van der Waals surface area contributed by atoms with E-state index in [4.69, 9.17) is 16.3 Å². The topological polar surface area (TPSA) is 80.0 Å². The summed E-state index contributed by atoms with van der Waals surface area (Å²) in [6.07, 6.45) is 1.49. The van der Waals surface area contributed by atoms with Crippen molar-refractivity contribution in [2.24, 2.45) is 0 Å². The van der Waals surface area contributed by atoms with Gasteiger partial charge in [-0.15, -0.1) is 5.10 Å². The van der Waals surface area contributed by atoms with Gasteiger partial charge in [-0.2, -0.15) is 4.52 Å². The van der Waals surface area contributed by atoms with E-state index in [1.54, 1.807) is 12.1 Å². The first-order valence-corrected chi connectivity index (χ1v) is 9.93. The van der Waals surface area contributed by atoms with Gasteiger partial charge in [0, 0.05) is 43.5 Å². The van der Waals surface area contributed by atoms with E-state index >= 15 is 0 Å². The number of benzene rings is 1. The zero-order valence-electron chi connectivity index (χ0n) is 15.1. The number of carbonyl (C=O) groups excluding carboxylic acids is 1. The Hall–Kier alpha value is -2.49. The molecule has 1 saturated heterocycles. The minimum absolute atomic E-state index is 0.195. The highest BCUT2D eigenvalue weighted by atomic mass is 35.5. The number of anilines is 1. The molecule has 146 valence electrons. The highest BCUT2D eigenvalue weighted by Crippen LogP contribution is 2.28. The second-order valence-corrected chi connectivity index (χ2v) is 7.73. The average molecular weight is 420 g/mol. The first kappa shape index (κ1) is 18.9. The van der Waals surface area contributed by atoms with Crippen molar-refractivity contribution in [3.8, 4) is 0 Å². The zero-order chi connectivity index (χ0) is 19.7. The number of carbonyl (C=O) groups is 1. The molecule has 3 aromatic rings. The number of esters is 1. The molecule has 0 bridgehead atoms. The monoisotopic (exact) mass is 419 g/mol. The Bertz CT molecular complexity index is 1040. The van der Waals surface area contributed by atoms with Crippen molar-refractivity contribution in [1.82, 2.24) is 19.5 Å². The van der Waals surface area contributed by atoms with Crippen LogP contribution in [0.4, 0.5) is 5.13 Å². The van der Waals surface area contributed by atoms with Gasteiger partial charge in [0.15, 0.2) is 0 Å². The molecule has 1 aliphatic rings. The van der Waals surface area contributed by atoms with Crippen molar-refractivity contribution in [2.75, 3.05) is 38.2 Å². The number of aromatic nitrogens is 3. The third kappa shape index (κ3) is 3.60. The summed E-state index contributed by atoms with van der Waals surface area (Å²) < 4.78 is 6.35. The standard InChI is InChI=1S/C18H18ClN5O3S/c1-27-16(26)15(12-2-4-13(19)5-3-12)22-8-10-23(11-9-22)18-21-24-14(25)6-7-20-17(24)28-18/h2-7,15H,8-11H2,1H3. The van der Waals surface area contributed by atoms with Crippen LogP contribution in [0.25, 0.3) is 4.96 Å². The molecule has 1 aliphatic heterocycles. The lowest BCUT2D eigenvalue weighted by molar-refractivity contribution is -0.147. The second kappa shape index (κ2) is 7.86. The van der Waals surface area contributed by atoms with Crippen molar-refractivity contribution in [3.63, 3.8) is 0 Å². The molecule has 3 heterocycles. The third-order valence-corrected chi connectivity index (χ3v) is 5.96. The Balaban J connectivity index is 1.52. The quantitative estimate of drug-likeness (QED) is 0.597. The first-order valence-electron chi connectivity index (χ1n) is 8.74. The lowest BCUT2D eigenvalue weighted by Gasteiger charge is -2.38. The predicted octanol–water partition coefficient (Wildman–Crippen LogP) is 1.84. The summed E-state index contributed by atoms with van der Waals surface area (Å²) in [6.45, 7) is 2.66. The molecule has 8 nitrogen and oxygen atoms in total. The van der Waals surface area contributed by atoms with Gasteiger partial charge in [0.2, 0.25) is 10.1 Å². The zero-order valence-corrected chi connectivity index (χ0v) is 16.7. The van der Waals surface area contributed by atoms with E-state index in [1.165, 1.54) is 35.2 Å². The number of piperazine rings is 1. The molecule has 0 saturated carbocycles. The molecule has 0 spiro atoms. The van der Waals surface area contributed by atoms with E-state index in [1.807, 2.05) is 12.1 Å². The Morgan fingerprint density at radius 1 is 1.18 bits per heavy atom. The highest BCUT2D eigenvalue weighted by Gasteiger charge is 2.32. The summed E-state index contributed by atoms with van der Waals surface area (Å²) in [5.74, 6) is -0.300. The fraction of sp³-hybridized carbons (Fsp3) is 0.333. The van der Waals surface area contributed by atoms with Gasteiger partial charge >= 0.3 is 5.97 Å². The molecular formula is C18H18ClN5O3S. The number of methoxy groups -OCH3 is 1. The summed E-state index contributed by atoms with van der Waals surface area (Å²) in [6, 6.07) is 8.15. The number of fused-ring (bicyclic) bond motifs is 1. The molecule has 10 heteroatoms. The molecule has 1 atom stereocenters. The number of hydrogen-bond donors (Lipinski definition) is 0. The van der Waals surface area contributed by atoms with Crippen LogP contribution in [0.3, 0.4) is 0 Å². The van der Waals surface area contributed by atoms with Crippen LogP contribution in [0.1, 0.15) is 11.6 Å². The minimum atomic E-state index is -0.482. The maximum absolute atomic E-state index is 12.4. The van der Waals surface area contributed by atoms with Crippen molar-refractivity contribution in [1.29, 1.82) is 0 Å². The fourth-order valence-electron chi connectivity index (χ4n) is 3.29. The Morgan fingerprint density at radius 2 is 1.89 bits per heavy atom. The van der Waals surface area contributed by atoms with E-state index in [0.29, 0.717) is 36.2 Å². The van der Waals surface area contributed by atoms with Gasteiger partial charge in [0.25, 0.3) is 5.56 Å². The fourth-order valence-corrected chi connectivity index (χ4v) is 4.34. The van der Waals surface area contributed by atoms with Crippen molar-refractivity contribution in [3.05, 3.63) is 57.5 Å². The molecule has 0 aliphatic carbocycles. The number of nitrogens with zero attached hydrogens (tertiary/aromatic N) is 5. The van der Waals surface area contributed by atoms with E-state index in [-0.39, 0.29) is 11.5 Å². The Labute approximate surface area is 169 Å². The maximum atomic E-state index is 12.4. The molecular weight excluding hydrogens is 402 g/mol. The lowest BCUT2D eigenvalue weighted by Crippen LogP contribution is -2.49. The van der Waals surface area contributed by atoms with Crippen LogP contribution >= 0.6 is 22.9 Å². The summed E-state index contributed by atoms with van der Waals surface area (Å²) in [5, 5.41) is 5.76. The van der Waals surface area contributed by atoms with E-state index in [2.05, 4.69) is 19.9 Å². The molecule has 0 N–H and O–H groups in total. The summed E-state index contributed by atoms with van der Waals surface area (Å²) in [4.78, 5) is 33.3. The third-order valence-electron chi connectivity index (χ3n) is 4.72. The van der Waals surface area contributed by atoms with Gasteiger partial charge in [-0.05, 0) is 17.7 Å². The van der Waals surface area contributed by atoms with Gasteiger partial charge in [-0.3, -0.25) is 9.69 Å². The molecule has 28 heavy (non-hydrogen) atoms. The summed E-state index contributed by atoms with van der Waals surface area (Å²) in [5.41, 5.74) is 0.653. The molecule has 1 unspecified atom stereocenters. The van der Waals surface area contributed by atoms with E-state index < -0.39 is 6.04 Å². The smallest absolute Gasteiger partial charge is 0.327 e. The van der Waals surface area contributed by atoms with Crippen molar-refractivity contribution < 1.29 is 9.53 Å². The summed E-state index contributed by atoms with van der Waals surface area (Å²) in [7, 11) is 1.40. The predicted molar refractivity (Wildman–Crippen MR) is 107 cm³/mol. The van der Waals surface area contributed by atoms with Crippen LogP contribution in [0.15, 0.2) is 41.3 Å². The molecule has 1 fully saturated rings. The van der Waals surface area contributed by atoms with Crippen LogP contribution in [-0.4, -0.2) is 58.8 Å². The SMILES string of the molecule is COC(=O)C(c1ccc(Cl)cc1)N1CCN(c2nn3c(=O)ccnc3s2)CC1. The van der Waals surface area contributed by atoms with Crippen LogP contribution in [-0.2, 0) is 9.53 Å². The van der Waals surface area contributed by atoms with E-state index in [9.17, 15) is 9.59 Å². The molecule has 2 aromatic heterocycles. The van der Waals surface area contributed by atoms with Gasteiger partial charge in [0.1, 0.15) is 6.04 Å². The average Bonchev–Trinajstić information content (AvgIpc) is 3.16. The normalized spacial score (nSPS) is 16.3. The van der Waals surface area contributed by atoms with Crippen LogP contribution < -0.4 is 10.5 Å². The maximum Gasteiger partial charge on any atom is 0.327 e.